The molecule has 0 aromatic heterocycles. The third kappa shape index (κ3) is 4.97. The summed E-state index contributed by atoms with van der Waals surface area (Å²) in [6.07, 6.45) is 10.6. The zero-order chi connectivity index (χ0) is 12.8. The highest BCUT2D eigenvalue weighted by Crippen LogP contribution is 2.34. The first kappa shape index (κ1) is 13.9. The molecule has 1 amide bonds. The van der Waals surface area contributed by atoms with Crippen molar-refractivity contribution in [3.8, 4) is 0 Å². The van der Waals surface area contributed by atoms with E-state index in [9.17, 15) is 4.79 Å². The van der Waals surface area contributed by atoms with Crippen molar-refractivity contribution in [1.82, 2.24) is 10.6 Å². The highest BCUT2D eigenvalue weighted by molar-refractivity contribution is 5.76. The van der Waals surface area contributed by atoms with E-state index in [4.69, 9.17) is 0 Å². The number of nitrogens with one attached hydrogen (secondary N) is 2. The third-order valence-corrected chi connectivity index (χ3v) is 4.30. The van der Waals surface area contributed by atoms with Crippen molar-refractivity contribution in [3.05, 3.63) is 0 Å². The van der Waals surface area contributed by atoms with Crippen LogP contribution in [0, 0.1) is 5.92 Å². The number of carbonyl (C=O) groups is 1. The SMILES string of the molecule is CCC(CC1CC1)NC(=O)CCC1CCCCN1. The molecule has 1 aliphatic heterocycles. The van der Waals surface area contributed by atoms with Crippen LogP contribution < -0.4 is 10.6 Å². The monoisotopic (exact) mass is 252 g/mol. The Labute approximate surface area is 111 Å². The lowest BCUT2D eigenvalue weighted by Gasteiger charge is -2.23. The third-order valence-electron chi connectivity index (χ3n) is 4.30. The van der Waals surface area contributed by atoms with E-state index in [2.05, 4.69) is 17.6 Å². The highest BCUT2D eigenvalue weighted by atomic mass is 16.1. The van der Waals surface area contributed by atoms with Crippen LogP contribution in [0.3, 0.4) is 0 Å². The predicted octanol–water partition coefficient (Wildman–Crippen LogP) is 2.60. The van der Waals surface area contributed by atoms with Crippen LogP contribution >= 0.6 is 0 Å². The Hall–Kier alpha value is -0.570. The molecule has 0 aromatic carbocycles. The molecule has 0 aromatic rings. The second-order valence-electron chi connectivity index (χ2n) is 6.04. The fraction of sp³-hybridized carbons (Fsp3) is 0.933. The van der Waals surface area contributed by atoms with Crippen LogP contribution in [0.15, 0.2) is 0 Å². The molecule has 3 heteroatoms. The summed E-state index contributed by atoms with van der Waals surface area (Å²) >= 11 is 0. The van der Waals surface area contributed by atoms with E-state index in [-0.39, 0.29) is 5.91 Å². The second kappa shape index (κ2) is 7.13. The lowest BCUT2D eigenvalue weighted by Crippen LogP contribution is -2.38. The van der Waals surface area contributed by atoms with E-state index < -0.39 is 0 Å². The Bertz CT molecular complexity index is 257. The summed E-state index contributed by atoms with van der Waals surface area (Å²) in [5.74, 6) is 1.16. The number of carbonyl (C=O) groups excluding carboxylic acids is 1. The van der Waals surface area contributed by atoms with Gasteiger partial charge in [0, 0.05) is 18.5 Å². The maximum Gasteiger partial charge on any atom is 0.220 e. The number of hydrogen-bond donors (Lipinski definition) is 2. The minimum Gasteiger partial charge on any atom is -0.353 e. The second-order valence-corrected chi connectivity index (χ2v) is 6.04. The molecular weight excluding hydrogens is 224 g/mol. The Balaban J connectivity index is 1.60. The predicted molar refractivity (Wildman–Crippen MR) is 74.4 cm³/mol. The Kier molecular flexibility index (Phi) is 5.48. The van der Waals surface area contributed by atoms with E-state index in [1.807, 2.05) is 0 Å². The lowest BCUT2D eigenvalue weighted by molar-refractivity contribution is -0.122. The summed E-state index contributed by atoms with van der Waals surface area (Å²) in [7, 11) is 0. The maximum atomic E-state index is 11.9. The van der Waals surface area contributed by atoms with Gasteiger partial charge in [0.1, 0.15) is 0 Å². The fourth-order valence-corrected chi connectivity index (χ4v) is 2.86. The van der Waals surface area contributed by atoms with Crippen molar-refractivity contribution in [1.29, 1.82) is 0 Å². The van der Waals surface area contributed by atoms with Crippen LogP contribution in [-0.4, -0.2) is 24.5 Å². The van der Waals surface area contributed by atoms with Crippen LogP contribution in [0.2, 0.25) is 0 Å². The summed E-state index contributed by atoms with van der Waals surface area (Å²) in [4.78, 5) is 11.9. The lowest BCUT2D eigenvalue weighted by atomic mass is 10.00. The summed E-state index contributed by atoms with van der Waals surface area (Å²) in [6.45, 7) is 3.31. The van der Waals surface area contributed by atoms with E-state index in [0.717, 1.165) is 25.3 Å². The van der Waals surface area contributed by atoms with Crippen LogP contribution in [0.5, 0.6) is 0 Å². The summed E-state index contributed by atoms with van der Waals surface area (Å²) in [6, 6.07) is 0.998. The number of amides is 1. The normalized spacial score (nSPS) is 25.7. The van der Waals surface area contributed by atoms with Gasteiger partial charge in [-0.15, -0.1) is 0 Å². The molecule has 2 rings (SSSR count). The van der Waals surface area contributed by atoms with Gasteiger partial charge in [0.15, 0.2) is 0 Å². The molecule has 0 spiro atoms. The van der Waals surface area contributed by atoms with E-state index in [1.165, 1.54) is 38.5 Å². The van der Waals surface area contributed by atoms with Crippen molar-refractivity contribution in [2.24, 2.45) is 5.92 Å². The maximum absolute atomic E-state index is 11.9. The van der Waals surface area contributed by atoms with Gasteiger partial charge >= 0.3 is 0 Å². The average Bonchev–Trinajstić information content (AvgIpc) is 3.21. The number of rotatable bonds is 7. The van der Waals surface area contributed by atoms with Gasteiger partial charge in [-0.1, -0.05) is 26.2 Å². The van der Waals surface area contributed by atoms with Gasteiger partial charge in [-0.3, -0.25) is 4.79 Å². The molecule has 1 saturated heterocycles. The van der Waals surface area contributed by atoms with Gasteiger partial charge in [0.2, 0.25) is 5.91 Å². The highest BCUT2D eigenvalue weighted by Gasteiger charge is 2.25. The Morgan fingerprint density at radius 2 is 2.17 bits per heavy atom. The molecule has 2 unspecified atom stereocenters. The Morgan fingerprint density at radius 1 is 1.33 bits per heavy atom. The van der Waals surface area contributed by atoms with E-state index in [1.54, 1.807) is 0 Å². The first-order valence-electron chi connectivity index (χ1n) is 7.80. The number of hydrogen-bond acceptors (Lipinski definition) is 2. The molecule has 1 heterocycles. The molecule has 104 valence electrons. The van der Waals surface area contributed by atoms with Crippen LogP contribution in [-0.2, 0) is 4.79 Å². The molecule has 2 fully saturated rings. The summed E-state index contributed by atoms with van der Waals surface area (Å²) in [5, 5.41) is 6.71. The molecular formula is C15H28N2O. The summed E-state index contributed by atoms with van der Waals surface area (Å²) < 4.78 is 0. The average molecular weight is 252 g/mol. The van der Waals surface area contributed by atoms with Crippen molar-refractivity contribution in [2.75, 3.05) is 6.54 Å². The molecule has 2 N–H and O–H groups in total. The fourth-order valence-electron chi connectivity index (χ4n) is 2.86. The largest absolute Gasteiger partial charge is 0.353 e. The standard InChI is InChI=1S/C15H28N2O/c1-2-13(11-12-6-7-12)17-15(18)9-8-14-5-3-4-10-16-14/h12-14,16H,2-11H2,1H3,(H,17,18). The molecule has 3 nitrogen and oxygen atoms in total. The van der Waals surface area contributed by atoms with E-state index >= 15 is 0 Å². The van der Waals surface area contributed by atoms with Gasteiger partial charge in [0.05, 0.1) is 0 Å². The summed E-state index contributed by atoms with van der Waals surface area (Å²) in [5.41, 5.74) is 0. The minimum atomic E-state index is 0.259. The van der Waals surface area contributed by atoms with Crippen molar-refractivity contribution >= 4 is 5.91 Å². The van der Waals surface area contributed by atoms with Crippen LogP contribution in [0.25, 0.3) is 0 Å². The van der Waals surface area contributed by atoms with Gasteiger partial charge in [0.25, 0.3) is 0 Å². The van der Waals surface area contributed by atoms with Gasteiger partial charge < -0.3 is 10.6 Å². The Morgan fingerprint density at radius 3 is 2.78 bits per heavy atom. The van der Waals surface area contributed by atoms with Gasteiger partial charge in [-0.25, -0.2) is 0 Å². The first-order chi connectivity index (χ1) is 8.78. The molecule has 0 bridgehead atoms. The zero-order valence-corrected chi connectivity index (χ0v) is 11.7. The molecule has 1 aliphatic carbocycles. The van der Waals surface area contributed by atoms with Gasteiger partial charge in [-0.2, -0.15) is 0 Å². The first-order valence-corrected chi connectivity index (χ1v) is 7.80. The van der Waals surface area contributed by atoms with Gasteiger partial charge in [-0.05, 0) is 44.6 Å². The smallest absolute Gasteiger partial charge is 0.220 e. The van der Waals surface area contributed by atoms with Crippen molar-refractivity contribution in [2.45, 2.75) is 76.8 Å². The minimum absolute atomic E-state index is 0.259. The molecule has 2 atom stereocenters. The van der Waals surface area contributed by atoms with E-state index in [0.29, 0.717) is 18.5 Å². The topological polar surface area (TPSA) is 41.1 Å². The molecule has 1 saturated carbocycles. The molecule has 2 aliphatic rings. The zero-order valence-electron chi connectivity index (χ0n) is 11.7. The molecule has 18 heavy (non-hydrogen) atoms. The quantitative estimate of drug-likeness (QED) is 0.731. The number of piperidine rings is 1. The van der Waals surface area contributed by atoms with Crippen LogP contribution in [0.1, 0.15) is 64.7 Å². The van der Waals surface area contributed by atoms with Crippen molar-refractivity contribution < 1.29 is 4.79 Å². The van der Waals surface area contributed by atoms with Crippen LogP contribution in [0.4, 0.5) is 0 Å². The van der Waals surface area contributed by atoms with Crippen molar-refractivity contribution in [3.63, 3.8) is 0 Å². The molecule has 0 radical (unpaired) electrons.